The topological polar surface area (TPSA) is 85.3 Å². The van der Waals surface area contributed by atoms with Gasteiger partial charge in [-0.25, -0.2) is 9.50 Å². The normalized spacial score (nSPS) is 12.2. The van der Waals surface area contributed by atoms with E-state index in [2.05, 4.69) is 20.4 Å². The van der Waals surface area contributed by atoms with E-state index < -0.39 is 0 Å². The molecule has 0 unspecified atom stereocenters. The van der Waals surface area contributed by atoms with E-state index in [9.17, 15) is 4.79 Å². The van der Waals surface area contributed by atoms with Crippen molar-refractivity contribution in [1.82, 2.24) is 24.9 Å². The van der Waals surface area contributed by atoms with E-state index in [1.807, 2.05) is 56.3 Å². The van der Waals surface area contributed by atoms with E-state index in [0.717, 1.165) is 17.0 Å². The zero-order chi connectivity index (χ0) is 18.8. The molecule has 0 aliphatic rings. The van der Waals surface area contributed by atoms with Crippen LogP contribution in [0.25, 0.3) is 5.78 Å². The Morgan fingerprint density at radius 1 is 1.15 bits per heavy atom. The first kappa shape index (κ1) is 17.0. The zero-order valence-corrected chi connectivity index (χ0v) is 15.1. The highest BCUT2D eigenvalue weighted by Gasteiger charge is 2.20. The van der Waals surface area contributed by atoms with Gasteiger partial charge in [-0.3, -0.25) is 4.79 Å². The number of amides is 1. The van der Waals surface area contributed by atoms with Crippen LogP contribution in [0.1, 0.15) is 34.6 Å². The average molecular weight is 361 g/mol. The van der Waals surface area contributed by atoms with Crippen LogP contribution < -0.4 is 5.32 Å². The quantitative estimate of drug-likeness (QED) is 0.591. The minimum absolute atomic E-state index is 0.0614. The fourth-order valence-corrected chi connectivity index (χ4v) is 3.06. The van der Waals surface area contributed by atoms with Gasteiger partial charge >= 0.3 is 0 Å². The first-order valence-corrected chi connectivity index (χ1v) is 8.68. The van der Waals surface area contributed by atoms with Gasteiger partial charge < -0.3 is 9.73 Å². The Morgan fingerprint density at radius 2 is 1.96 bits per heavy atom. The molecule has 0 aliphatic heterocycles. The second-order valence-electron chi connectivity index (χ2n) is 6.38. The summed E-state index contributed by atoms with van der Waals surface area (Å²) in [4.78, 5) is 21.4. The number of rotatable bonds is 5. The maximum Gasteiger partial charge on any atom is 0.252 e. The van der Waals surface area contributed by atoms with Crippen molar-refractivity contribution in [3.63, 3.8) is 0 Å². The summed E-state index contributed by atoms with van der Waals surface area (Å²) in [7, 11) is 0. The number of carbonyl (C=O) groups excluding carboxylic acids is 1. The predicted molar refractivity (Wildman–Crippen MR) is 99.1 cm³/mol. The molecule has 1 aromatic carbocycles. The van der Waals surface area contributed by atoms with Crippen LogP contribution in [-0.2, 0) is 11.2 Å². The molecule has 27 heavy (non-hydrogen) atoms. The molecule has 3 heterocycles. The summed E-state index contributed by atoms with van der Waals surface area (Å²) in [5, 5.41) is 7.41. The summed E-state index contributed by atoms with van der Waals surface area (Å²) in [6.07, 6.45) is 1.66. The Morgan fingerprint density at radius 3 is 2.70 bits per heavy atom. The second kappa shape index (κ2) is 7.03. The van der Waals surface area contributed by atoms with Crippen LogP contribution in [0.4, 0.5) is 0 Å². The number of nitrogens with one attached hydrogen (secondary N) is 1. The Bertz CT molecular complexity index is 1070. The van der Waals surface area contributed by atoms with Crippen molar-refractivity contribution in [3.8, 4) is 0 Å². The van der Waals surface area contributed by atoms with Crippen molar-refractivity contribution < 1.29 is 9.21 Å². The third-order valence-electron chi connectivity index (χ3n) is 4.25. The Balaban J connectivity index is 1.56. The van der Waals surface area contributed by atoms with Crippen LogP contribution in [0, 0.1) is 13.8 Å². The van der Waals surface area contributed by atoms with Crippen molar-refractivity contribution in [2.75, 3.05) is 0 Å². The van der Waals surface area contributed by atoms with Crippen LogP contribution >= 0.6 is 0 Å². The summed E-state index contributed by atoms with van der Waals surface area (Å²) >= 11 is 0. The van der Waals surface area contributed by atoms with E-state index in [1.165, 1.54) is 0 Å². The molecule has 136 valence electrons. The molecule has 1 amide bonds. The third-order valence-corrected chi connectivity index (χ3v) is 4.25. The van der Waals surface area contributed by atoms with E-state index in [1.54, 1.807) is 16.8 Å². The lowest BCUT2D eigenvalue weighted by atomic mass is 10.0. The lowest BCUT2D eigenvalue weighted by Gasteiger charge is -2.16. The van der Waals surface area contributed by atoms with Crippen LogP contribution in [0.2, 0.25) is 0 Å². The maximum absolute atomic E-state index is 12.7. The highest BCUT2D eigenvalue weighted by atomic mass is 16.3. The van der Waals surface area contributed by atoms with Gasteiger partial charge in [0, 0.05) is 11.4 Å². The van der Waals surface area contributed by atoms with Gasteiger partial charge in [0.15, 0.2) is 5.82 Å². The van der Waals surface area contributed by atoms with E-state index in [-0.39, 0.29) is 18.4 Å². The molecule has 7 heteroatoms. The number of carbonyl (C=O) groups is 1. The van der Waals surface area contributed by atoms with Gasteiger partial charge in [0.2, 0.25) is 5.91 Å². The molecule has 1 atom stereocenters. The Hall–Kier alpha value is -3.48. The zero-order valence-electron chi connectivity index (χ0n) is 15.1. The summed E-state index contributed by atoms with van der Waals surface area (Å²) in [6.45, 7) is 3.84. The Labute approximate surface area is 156 Å². The fourth-order valence-electron chi connectivity index (χ4n) is 3.06. The molecule has 1 N–H and O–H groups in total. The first-order valence-electron chi connectivity index (χ1n) is 8.68. The van der Waals surface area contributed by atoms with Crippen molar-refractivity contribution in [1.29, 1.82) is 0 Å². The van der Waals surface area contributed by atoms with Crippen LogP contribution in [0.5, 0.6) is 0 Å². The minimum atomic E-state index is -0.368. The molecule has 4 rings (SSSR count). The monoisotopic (exact) mass is 361 g/mol. The van der Waals surface area contributed by atoms with Gasteiger partial charge in [-0.2, -0.15) is 4.98 Å². The van der Waals surface area contributed by atoms with Gasteiger partial charge in [0.25, 0.3) is 5.78 Å². The van der Waals surface area contributed by atoms with E-state index in [0.29, 0.717) is 17.4 Å². The van der Waals surface area contributed by atoms with E-state index >= 15 is 0 Å². The molecule has 0 spiro atoms. The number of furan rings is 1. The van der Waals surface area contributed by atoms with E-state index in [4.69, 9.17) is 4.42 Å². The Kier molecular flexibility index (Phi) is 4.42. The van der Waals surface area contributed by atoms with Gasteiger partial charge in [-0.05, 0) is 37.6 Å². The first-order chi connectivity index (χ1) is 13.1. The minimum Gasteiger partial charge on any atom is -0.467 e. The molecule has 3 aromatic heterocycles. The molecule has 7 nitrogen and oxygen atoms in total. The van der Waals surface area contributed by atoms with Crippen LogP contribution in [0.15, 0.2) is 59.2 Å². The van der Waals surface area contributed by atoms with Crippen LogP contribution in [0.3, 0.4) is 0 Å². The maximum atomic E-state index is 12.7. The highest BCUT2D eigenvalue weighted by molar-refractivity contribution is 5.78. The number of nitrogens with zero attached hydrogens (tertiary/aromatic N) is 4. The predicted octanol–water partition coefficient (Wildman–Crippen LogP) is 2.78. The molecule has 0 radical (unpaired) electrons. The average Bonchev–Trinajstić information content (AvgIpc) is 3.30. The van der Waals surface area contributed by atoms with Crippen LogP contribution in [-0.4, -0.2) is 25.5 Å². The summed E-state index contributed by atoms with van der Waals surface area (Å²) in [5.41, 5.74) is 2.73. The van der Waals surface area contributed by atoms with Crippen molar-refractivity contribution in [3.05, 3.63) is 83.3 Å². The fraction of sp³-hybridized carbons (Fsp3) is 0.200. The van der Waals surface area contributed by atoms with Gasteiger partial charge in [-0.1, -0.05) is 30.3 Å². The summed E-state index contributed by atoms with van der Waals surface area (Å²) < 4.78 is 7.17. The van der Waals surface area contributed by atoms with Crippen molar-refractivity contribution >= 4 is 11.7 Å². The molecule has 0 saturated carbocycles. The smallest absolute Gasteiger partial charge is 0.252 e. The highest BCUT2D eigenvalue weighted by Crippen LogP contribution is 2.22. The lowest BCUT2D eigenvalue weighted by molar-refractivity contribution is -0.121. The van der Waals surface area contributed by atoms with Crippen molar-refractivity contribution in [2.45, 2.75) is 26.3 Å². The molecular weight excluding hydrogens is 342 g/mol. The van der Waals surface area contributed by atoms with Gasteiger partial charge in [-0.15, -0.1) is 5.10 Å². The van der Waals surface area contributed by atoms with Gasteiger partial charge in [0.05, 0.1) is 12.7 Å². The molecular formula is C20H19N5O2. The number of hydrogen-bond donors (Lipinski definition) is 1. The molecule has 4 aromatic rings. The lowest BCUT2D eigenvalue weighted by Crippen LogP contribution is -2.30. The number of aromatic nitrogens is 4. The summed E-state index contributed by atoms with van der Waals surface area (Å²) in [5.74, 6) is 1.41. The standard InChI is InChI=1S/C20H19N5O2/c1-13-11-14(2)25-20(21-13)22-17(24-25)12-18(26)23-19(16-9-6-10-27-16)15-7-4-3-5-8-15/h3-11,19H,12H2,1-2H3,(H,23,26)/t19-/m0/s1. The third kappa shape index (κ3) is 3.57. The largest absolute Gasteiger partial charge is 0.467 e. The van der Waals surface area contributed by atoms with Crippen molar-refractivity contribution in [2.24, 2.45) is 0 Å². The number of fused-ring (bicyclic) bond motifs is 1. The van der Waals surface area contributed by atoms with Gasteiger partial charge in [0.1, 0.15) is 11.8 Å². The number of benzene rings is 1. The molecule has 0 saturated heterocycles. The number of aryl methyl sites for hydroxylation is 2. The molecule has 0 fully saturated rings. The number of hydrogen-bond acceptors (Lipinski definition) is 5. The summed E-state index contributed by atoms with van der Waals surface area (Å²) in [6, 6.07) is 14.9. The SMILES string of the molecule is Cc1cc(C)n2nc(CC(=O)N[C@@H](c3ccccc3)c3ccco3)nc2n1. The second-order valence-corrected chi connectivity index (χ2v) is 6.38. The molecule has 0 bridgehead atoms. The molecule has 0 aliphatic carbocycles.